The Labute approximate surface area is 154 Å². The molecule has 0 spiro atoms. The van der Waals surface area contributed by atoms with Gasteiger partial charge in [0.25, 0.3) is 0 Å². The first-order chi connectivity index (χ1) is 12.8. The van der Waals surface area contributed by atoms with E-state index in [9.17, 15) is 4.79 Å². The van der Waals surface area contributed by atoms with Gasteiger partial charge in [0.1, 0.15) is 12.6 Å². The predicted octanol–water partition coefficient (Wildman–Crippen LogP) is 1.98. The number of hydrogen-bond acceptors (Lipinski definition) is 6. The van der Waals surface area contributed by atoms with Crippen molar-refractivity contribution < 1.29 is 14.3 Å². The van der Waals surface area contributed by atoms with Crippen LogP contribution < -0.4 is 5.32 Å². The minimum Gasteiger partial charge on any atom is -0.379 e. The maximum absolute atomic E-state index is 12.5. The van der Waals surface area contributed by atoms with Gasteiger partial charge in [0.05, 0.1) is 36.0 Å². The number of benzene rings is 1. The van der Waals surface area contributed by atoms with Gasteiger partial charge in [-0.3, -0.25) is 9.48 Å². The van der Waals surface area contributed by atoms with Crippen LogP contribution in [0.3, 0.4) is 0 Å². The molecule has 26 heavy (non-hydrogen) atoms. The molecule has 0 unspecified atom stereocenters. The molecule has 2 atom stereocenters. The largest absolute Gasteiger partial charge is 0.379 e. The zero-order chi connectivity index (χ0) is 17.8. The lowest BCUT2D eigenvalue weighted by atomic mass is 10.1. The summed E-state index contributed by atoms with van der Waals surface area (Å²) in [6.07, 6.45) is 2.44. The number of hydrogen-bond donors (Lipinski definition) is 1. The number of carbonyl (C=O) groups excluding carboxylic acids is 1. The molecule has 1 fully saturated rings. The summed E-state index contributed by atoms with van der Waals surface area (Å²) in [5.41, 5.74) is 3.56. The monoisotopic (exact) mass is 372 g/mol. The molecule has 3 heterocycles. The minimum absolute atomic E-state index is 0.0696. The van der Waals surface area contributed by atoms with E-state index in [1.807, 2.05) is 35.8 Å². The van der Waals surface area contributed by atoms with E-state index in [2.05, 4.69) is 15.4 Å². The molecule has 1 aliphatic heterocycles. The third-order valence-electron chi connectivity index (χ3n) is 4.35. The van der Waals surface area contributed by atoms with Crippen LogP contribution in [0.15, 0.2) is 41.4 Å². The zero-order valence-electron chi connectivity index (χ0n) is 14.2. The summed E-state index contributed by atoms with van der Waals surface area (Å²) < 4.78 is 13.1. The van der Waals surface area contributed by atoms with Gasteiger partial charge in [-0.25, -0.2) is 4.98 Å². The second kappa shape index (κ2) is 7.94. The van der Waals surface area contributed by atoms with Gasteiger partial charge in [0.15, 0.2) is 0 Å². The third kappa shape index (κ3) is 4.09. The topological polar surface area (TPSA) is 78.3 Å². The van der Waals surface area contributed by atoms with Crippen LogP contribution in [0.1, 0.15) is 12.1 Å². The molecule has 1 aliphatic rings. The highest BCUT2D eigenvalue weighted by Crippen LogP contribution is 2.15. The molecule has 0 aliphatic carbocycles. The molecule has 1 amide bonds. The second-order valence-corrected chi connectivity index (χ2v) is 6.97. The lowest BCUT2D eigenvalue weighted by molar-refractivity contribution is -0.127. The third-order valence-corrected chi connectivity index (χ3v) is 4.98. The first-order valence-corrected chi connectivity index (χ1v) is 9.50. The average Bonchev–Trinajstić information content (AvgIpc) is 3.29. The van der Waals surface area contributed by atoms with Crippen molar-refractivity contribution in [3.63, 3.8) is 0 Å². The van der Waals surface area contributed by atoms with Gasteiger partial charge in [0.2, 0.25) is 5.91 Å². The van der Waals surface area contributed by atoms with Crippen LogP contribution in [0, 0.1) is 0 Å². The fourth-order valence-corrected chi connectivity index (χ4v) is 3.58. The highest BCUT2D eigenvalue weighted by Gasteiger charge is 2.28. The summed E-state index contributed by atoms with van der Waals surface area (Å²) in [5.74, 6) is -0.0769. The van der Waals surface area contributed by atoms with Crippen LogP contribution in [-0.4, -0.2) is 46.0 Å². The van der Waals surface area contributed by atoms with Crippen molar-refractivity contribution in [3.8, 4) is 0 Å². The molecule has 1 saturated heterocycles. The number of thiazole rings is 1. The van der Waals surface area contributed by atoms with E-state index in [0.717, 1.165) is 23.0 Å². The predicted molar refractivity (Wildman–Crippen MR) is 97.8 cm³/mol. The molecule has 1 N–H and O–H groups in total. The summed E-state index contributed by atoms with van der Waals surface area (Å²) in [4.78, 5) is 16.7. The minimum atomic E-state index is -0.175. The van der Waals surface area contributed by atoms with E-state index in [-0.39, 0.29) is 24.6 Å². The molecular weight excluding hydrogens is 352 g/mol. The fraction of sp³-hybridized carbons (Fsp3) is 0.389. The molecule has 1 aromatic carbocycles. The second-order valence-electron chi connectivity index (χ2n) is 6.25. The molecule has 4 rings (SSSR count). The molecule has 2 aromatic heterocycles. The van der Waals surface area contributed by atoms with Crippen molar-refractivity contribution >= 4 is 28.1 Å². The summed E-state index contributed by atoms with van der Waals surface area (Å²) in [6.45, 7) is 1.70. The summed E-state index contributed by atoms with van der Waals surface area (Å²) in [6, 6.07) is 7.74. The summed E-state index contributed by atoms with van der Waals surface area (Å²) in [5, 5.41) is 10.5. The number of nitrogens with zero attached hydrogens (tertiary/aromatic N) is 3. The molecule has 0 bridgehead atoms. The van der Waals surface area contributed by atoms with Crippen LogP contribution >= 0.6 is 11.3 Å². The molecule has 0 saturated carbocycles. The lowest BCUT2D eigenvalue weighted by Crippen LogP contribution is -2.50. The molecule has 8 heteroatoms. The molecule has 0 radical (unpaired) electrons. The summed E-state index contributed by atoms with van der Waals surface area (Å²) >= 11 is 1.54. The Morgan fingerprint density at radius 1 is 1.42 bits per heavy atom. The van der Waals surface area contributed by atoms with E-state index in [1.54, 1.807) is 10.2 Å². The Bertz CT molecular complexity index is 831. The highest BCUT2D eigenvalue weighted by molar-refractivity contribution is 7.07. The SMILES string of the molecule is O=C(Cn1cc2ccccc2n1)N[C@@H]1CCOC[C@H]1OCc1cscn1. The number of rotatable bonds is 6. The summed E-state index contributed by atoms with van der Waals surface area (Å²) in [7, 11) is 0. The van der Waals surface area contributed by atoms with Crippen LogP contribution in [0.2, 0.25) is 0 Å². The number of ether oxygens (including phenoxy) is 2. The Hall–Kier alpha value is -2.29. The van der Waals surface area contributed by atoms with Crippen molar-refractivity contribution in [1.82, 2.24) is 20.1 Å². The zero-order valence-corrected chi connectivity index (χ0v) is 15.0. The van der Waals surface area contributed by atoms with Gasteiger partial charge in [-0.05, 0) is 12.5 Å². The van der Waals surface area contributed by atoms with E-state index >= 15 is 0 Å². The lowest BCUT2D eigenvalue weighted by Gasteiger charge is -2.31. The highest BCUT2D eigenvalue weighted by atomic mass is 32.1. The van der Waals surface area contributed by atoms with E-state index < -0.39 is 0 Å². The standard InChI is InChI=1S/C18H20N4O3S/c23-18(8-22-7-13-3-1-2-4-15(13)21-22)20-16-5-6-24-10-17(16)25-9-14-11-26-12-19-14/h1-4,7,11-12,16-17H,5-6,8-10H2,(H,20,23)/t16-,17-/m1/s1. The van der Waals surface area contributed by atoms with Gasteiger partial charge >= 0.3 is 0 Å². The molecule has 7 nitrogen and oxygen atoms in total. The Kier molecular flexibility index (Phi) is 5.24. The number of fused-ring (bicyclic) bond motifs is 1. The van der Waals surface area contributed by atoms with Crippen molar-refractivity contribution in [2.75, 3.05) is 13.2 Å². The molecule has 136 valence electrons. The van der Waals surface area contributed by atoms with Crippen molar-refractivity contribution in [1.29, 1.82) is 0 Å². The Morgan fingerprint density at radius 3 is 3.19 bits per heavy atom. The van der Waals surface area contributed by atoms with Crippen molar-refractivity contribution in [2.45, 2.75) is 31.7 Å². The smallest absolute Gasteiger partial charge is 0.242 e. The number of carbonyl (C=O) groups is 1. The van der Waals surface area contributed by atoms with Crippen LogP contribution in [0.4, 0.5) is 0 Å². The molecule has 3 aromatic rings. The van der Waals surface area contributed by atoms with Gasteiger partial charge in [0, 0.05) is 23.6 Å². The number of nitrogens with one attached hydrogen (secondary N) is 1. The number of amides is 1. The van der Waals surface area contributed by atoms with E-state index in [0.29, 0.717) is 19.8 Å². The normalized spacial score (nSPS) is 20.3. The Morgan fingerprint density at radius 2 is 2.35 bits per heavy atom. The molecular formula is C18H20N4O3S. The van der Waals surface area contributed by atoms with E-state index in [1.165, 1.54) is 11.3 Å². The van der Waals surface area contributed by atoms with Crippen molar-refractivity contribution in [2.24, 2.45) is 0 Å². The maximum atomic E-state index is 12.5. The first kappa shape index (κ1) is 17.1. The van der Waals surface area contributed by atoms with Gasteiger partial charge < -0.3 is 14.8 Å². The van der Waals surface area contributed by atoms with Crippen molar-refractivity contribution in [3.05, 3.63) is 47.0 Å². The van der Waals surface area contributed by atoms with Crippen LogP contribution in [-0.2, 0) is 27.4 Å². The Balaban J connectivity index is 1.35. The maximum Gasteiger partial charge on any atom is 0.242 e. The average molecular weight is 372 g/mol. The van der Waals surface area contributed by atoms with Gasteiger partial charge in [-0.15, -0.1) is 11.3 Å². The fourth-order valence-electron chi connectivity index (χ4n) is 3.04. The van der Waals surface area contributed by atoms with Gasteiger partial charge in [-0.1, -0.05) is 18.2 Å². The first-order valence-electron chi connectivity index (χ1n) is 8.56. The van der Waals surface area contributed by atoms with Crippen LogP contribution in [0.5, 0.6) is 0 Å². The van der Waals surface area contributed by atoms with E-state index in [4.69, 9.17) is 9.47 Å². The quantitative estimate of drug-likeness (QED) is 0.716. The number of aromatic nitrogens is 3. The van der Waals surface area contributed by atoms with Crippen LogP contribution in [0.25, 0.3) is 10.9 Å². The van der Waals surface area contributed by atoms with Gasteiger partial charge in [-0.2, -0.15) is 5.10 Å².